The van der Waals surface area contributed by atoms with Crippen molar-refractivity contribution in [1.82, 2.24) is 15.1 Å². The van der Waals surface area contributed by atoms with E-state index in [9.17, 15) is 0 Å². The van der Waals surface area contributed by atoms with Gasteiger partial charge in [-0.3, -0.25) is 4.68 Å². The summed E-state index contributed by atoms with van der Waals surface area (Å²) in [5, 5.41) is 7.87. The second-order valence-corrected chi connectivity index (χ2v) is 5.33. The number of rotatable bonds is 4. The number of allylic oxidation sites excluding steroid dienone is 1. The van der Waals surface area contributed by atoms with Crippen LogP contribution in [0, 0.1) is 0 Å². The van der Waals surface area contributed by atoms with Gasteiger partial charge in [-0.1, -0.05) is 12.2 Å². The van der Waals surface area contributed by atoms with Crippen LogP contribution in [0.5, 0.6) is 0 Å². The van der Waals surface area contributed by atoms with Crippen LogP contribution in [0.1, 0.15) is 26.2 Å². The summed E-state index contributed by atoms with van der Waals surface area (Å²) in [6.45, 7) is 3.12. The summed E-state index contributed by atoms with van der Waals surface area (Å²) >= 11 is 3.41. The van der Waals surface area contributed by atoms with Crippen LogP contribution in [0.2, 0.25) is 0 Å². The molecule has 1 aliphatic carbocycles. The Morgan fingerprint density at radius 2 is 2.56 bits per heavy atom. The Morgan fingerprint density at radius 1 is 1.69 bits per heavy atom. The lowest BCUT2D eigenvalue weighted by atomic mass is 10.0. The maximum Gasteiger partial charge on any atom is 0.0632 e. The first-order valence-electron chi connectivity index (χ1n) is 5.85. The summed E-state index contributed by atoms with van der Waals surface area (Å²) < 4.78 is 3.01. The molecule has 0 fully saturated rings. The second kappa shape index (κ2) is 5.64. The van der Waals surface area contributed by atoms with E-state index in [4.69, 9.17) is 0 Å². The highest BCUT2D eigenvalue weighted by Gasteiger charge is 2.11. The summed E-state index contributed by atoms with van der Waals surface area (Å²) in [6, 6.07) is 0.988. The van der Waals surface area contributed by atoms with Crippen LogP contribution < -0.4 is 5.32 Å². The third-order valence-electron chi connectivity index (χ3n) is 2.82. The minimum Gasteiger partial charge on any atom is -0.306 e. The van der Waals surface area contributed by atoms with Crippen molar-refractivity contribution < 1.29 is 0 Å². The fraction of sp³-hybridized carbons (Fsp3) is 0.583. The van der Waals surface area contributed by atoms with Crippen molar-refractivity contribution in [3.05, 3.63) is 29.0 Å². The average molecular weight is 284 g/mol. The quantitative estimate of drug-likeness (QED) is 0.862. The lowest BCUT2D eigenvalue weighted by Gasteiger charge is -2.22. The van der Waals surface area contributed by atoms with E-state index in [2.05, 4.69) is 45.4 Å². The van der Waals surface area contributed by atoms with Crippen molar-refractivity contribution in [2.45, 2.75) is 44.8 Å². The maximum atomic E-state index is 4.26. The number of halogens is 1. The summed E-state index contributed by atoms with van der Waals surface area (Å²) in [5.74, 6) is 0. The number of aromatic nitrogens is 2. The lowest BCUT2D eigenvalue weighted by molar-refractivity contribution is 0.404. The van der Waals surface area contributed by atoms with Crippen molar-refractivity contribution in [3.63, 3.8) is 0 Å². The first-order chi connectivity index (χ1) is 7.74. The van der Waals surface area contributed by atoms with Gasteiger partial charge in [0.15, 0.2) is 0 Å². The zero-order valence-corrected chi connectivity index (χ0v) is 11.2. The third kappa shape index (κ3) is 3.46. The molecule has 2 atom stereocenters. The van der Waals surface area contributed by atoms with E-state index in [-0.39, 0.29) is 0 Å². The van der Waals surface area contributed by atoms with E-state index in [1.54, 1.807) is 0 Å². The molecule has 1 aromatic heterocycles. The monoisotopic (exact) mass is 283 g/mol. The molecule has 16 heavy (non-hydrogen) atoms. The van der Waals surface area contributed by atoms with Gasteiger partial charge in [0.25, 0.3) is 0 Å². The van der Waals surface area contributed by atoms with Gasteiger partial charge in [0, 0.05) is 18.3 Å². The van der Waals surface area contributed by atoms with Gasteiger partial charge in [0.1, 0.15) is 0 Å². The standard InChI is InChI=1S/C12H18BrN3/c1-10(8-16-9-11(13)7-14-16)15-12-5-3-2-4-6-12/h3,5,7,9-10,12,15H,2,4,6,8H2,1H3. The molecule has 0 aromatic carbocycles. The average Bonchev–Trinajstić information content (AvgIpc) is 2.65. The van der Waals surface area contributed by atoms with Crippen molar-refractivity contribution in [2.75, 3.05) is 0 Å². The number of nitrogens with zero attached hydrogens (tertiary/aromatic N) is 2. The normalized spacial score (nSPS) is 22.2. The predicted molar refractivity (Wildman–Crippen MR) is 69.3 cm³/mol. The smallest absolute Gasteiger partial charge is 0.0632 e. The highest BCUT2D eigenvalue weighted by molar-refractivity contribution is 9.10. The van der Waals surface area contributed by atoms with Crippen LogP contribution in [-0.2, 0) is 6.54 Å². The largest absolute Gasteiger partial charge is 0.306 e. The molecule has 88 valence electrons. The molecule has 0 saturated carbocycles. The second-order valence-electron chi connectivity index (χ2n) is 4.41. The van der Waals surface area contributed by atoms with Crippen LogP contribution in [0.15, 0.2) is 29.0 Å². The highest BCUT2D eigenvalue weighted by Crippen LogP contribution is 2.11. The molecular weight excluding hydrogens is 266 g/mol. The summed E-state index contributed by atoms with van der Waals surface area (Å²) in [7, 11) is 0. The SMILES string of the molecule is CC(Cn1cc(Br)cn1)NC1C=CCCC1. The van der Waals surface area contributed by atoms with Crippen LogP contribution in [-0.4, -0.2) is 21.9 Å². The van der Waals surface area contributed by atoms with E-state index in [1.807, 2.05) is 17.1 Å². The number of hydrogen-bond donors (Lipinski definition) is 1. The molecule has 4 heteroatoms. The number of nitrogens with one attached hydrogen (secondary N) is 1. The highest BCUT2D eigenvalue weighted by atomic mass is 79.9. The molecule has 0 saturated heterocycles. The zero-order chi connectivity index (χ0) is 11.4. The molecule has 0 spiro atoms. The first-order valence-corrected chi connectivity index (χ1v) is 6.64. The topological polar surface area (TPSA) is 29.9 Å². The summed E-state index contributed by atoms with van der Waals surface area (Å²) in [4.78, 5) is 0. The number of hydrogen-bond acceptors (Lipinski definition) is 2. The van der Waals surface area contributed by atoms with Gasteiger partial charge in [0.05, 0.1) is 17.2 Å². The Morgan fingerprint density at radius 3 is 3.19 bits per heavy atom. The van der Waals surface area contributed by atoms with E-state index < -0.39 is 0 Å². The third-order valence-corrected chi connectivity index (χ3v) is 3.23. The Hall–Kier alpha value is -0.610. The summed E-state index contributed by atoms with van der Waals surface area (Å²) in [6.07, 6.45) is 12.2. The molecule has 0 bridgehead atoms. The van der Waals surface area contributed by atoms with Gasteiger partial charge < -0.3 is 5.32 Å². The molecule has 0 aliphatic heterocycles. The van der Waals surface area contributed by atoms with Crippen molar-refractivity contribution >= 4 is 15.9 Å². The fourth-order valence-corrected chi connectivity index (χ4v) is 2.42. The maximum absolute atomic E-state index is 4.26. The van der Waals surface area contributed by atoms with Gasteiger partial charge in [-0.05, 0) is 42.1 Å². The van der Waals surface area contributed by atoms with E-state index in [0.29, 0.717) is 12.1 Å². The van der Waals surface area contributed by atoms with Gasteiger partial charge in [-0.15, -0.1) is 0 Å². The molecule has 1 aliphatic rings. The fourth-order valence-electron chi connectivity index (χ4n) is 2.09. The van der Waals surface area contributed by atoms with Gasteiger partial charge in [0.2, 0.25) is 0 Å². The minimum atomic E-state index is 0.444. The molecule has 2 rings (SSSR count). The van der Waals surface area contributed by atoms with E-state index in [1.165, 1.54) is 19.3 Å². The lowest BCUT2D eigenvalue weighted by Crippen LogP contribution is -2.38. The van der Waals surface area contributed by atoms with Gasteiger partial charge in [-0.25, -0.2) is 0 Å². The van der Waals surface area contributed by atoms with Crippen LogP contribution in [0.3, 0.4) is 0 Å². The van der Waals surface area contributed by atoms with Gasteiger partial charge in [-0.2, -0.15) is 5.10 Å². The Bertz CT molecular complexity index is 359. The first kappa shape index (κ1) is 11.9. The molecule has 2 unspecified atom stereocenters. The van der Waals surface area contributed by atoms with Crippen LogP contribution in [0.25, 0.3) is 0 Å². The van der Waals surface area contributed by atoms with Crippen molar-refractivity contribution in [2.24, 2.45) is 0 Å². The zero-order valence-electron chi connectivity index (χ0n) is 9.56. The molecule has 1 N–H and O–H groups in total. The predicted octanol–water partition coefficient (Wildman–Crippen LogP) is 2.73. The molecule has 3 nitrogen and oxygen atoms in total. The molecule has 1 aromatic rings. The Balaban J connectivity index is 1.81. The van der Waals surface area contributed by atoms with Crippen molar-refractivity contribution in [3.8, 4) is 0 Å². The Labute approximate surface area is 105 Å². The molecular formula is C12H18BrN3. The molecule has 0 radical (unpaired) electrons. The van der Waals surface area contributed by atoms with Crippen molar-refractivity contribution in [1.29, 1.82) is 0 Å². The minimum absolute atomic E-state index is 0.444. The molecule has 0 amide bonds. The summed E-state index contributed by atoms with van der Waals surface area (Å²) in [5.41, 5.74) is 0. The molecule has 1 heterocycles. The van der Waals surface area contributed by atoms with E-state index in [0.717, 1.165) is 11.0 Å². The van der Waals surface area contributed by atoms with Gasteiger partial charge >= 0.3 is 0 Å². The van der Waals surface area contributed by atoms with E-state index >= 15 is 0 Å². The Kier molecular flexibility index (Phi) is 4.18. The van der Waals surface area contributed by atoms with Crippen LogP contribution >= 0.6 is 15.9 Å². The van der Waals surface area contributed by atoms with Crippen LogP contribution in [0.4, 0.5) is 0 Å².